The first-order chi connectivity index (χ1) is 14.9. The second-order valence-corrected chi connectivity index (χ2v) is 10.1. The molecule has 2 aliphatic rings. The van der Waals surface area contributed by atoms with Gasteiger partial charge in [0.15, 0.2) is 5.78 Å². The van der Waals surface area contributed by atoms with Crippen LogP contribution in [0.4, 0.5) is 13.2 Å². The van der Waals surface area contributed by atoms with E-state index in [-0.39, 0.29) is 59.4 Å². The number of carbonyl (C=O) groups excluding carboxylic acids is 1. The molecule has 2 aliphatic heterocycles. The zero-order valence-electron chi connectivity index (χ0n) is 16.9. The minimum absolute atomic E-state index is 0.0000496. The molecule has 0 N–H and O–H groups in total. The molecule has 1 spiro atoms. The summed E-state index contributed by atoms with van der Waals surface area (Å²) < 4.78 is 77.5. The minimum Gasteiger partial charge on any atom is -0.495 e. The van der Waals surface area contributed by atoms with Crippen LogP contribution in [0.2, 0.25) is 5.02 Å². The lowest BCUT2D eigenvalue weighted by Gasteiger charge is -2.43. The summed E-state index contributed by atoms with van der Waals surface area (Å²) in [5.74, 6) is -0.0956. The van der Waals surface area contributed by atoms with E-state index in [0.717, 1.165) is 18.2 Å². The van der Waals surface area contributed by atoms with Gasteiger partial charge in [-0.3, -0.25) is 4.79 Å². The number of alkyl halides is 3. The molecule has 0 aromatic heterocycles. The number of methoxy groups -OCH3 is 1. The lowest BCUT2D eigenvalue weighted by molar-refractivity contribution is -0.137. The second kappa shape index (κ2) is 7.93. The zero-order valence-corrected chi connectivity index (χ0v) is 18.5. The van der Waals surface area contributed by atoms with Crippen LogP contribution >= 0.6 is 11.6 Å². The number of rotatable bonds is 3. The van der Waals surface area contributed by atoms with Crippen molar-refractivity contribution in [3.05, 3.63) is 52.5 Å². The van der Waals surface area contributed by atoms with Gasteiger partial charge in [0.05, 0.1) is 34.6 Å². The van der Waals surface area contributed by atoms with Gasteiger partial charge in [-0.05, 0) is 36.4 Å². The van der Waals surface area contributed by atoms with E-state index in [2.05, 4.69) is 0 Å². The van der Waals surface area contributed by atoms with Gasteiger partial charge < -0.3 is 9.47 Å². The Labute approximate surface area is 187 Å². The third kappa shape index (κ3) is 4.06. The SMILES string of the molecule is COc1ccc(S(=O)(=O)N2CCC3(CC2)CC(=O)c2ccc(C(F)(F)F)cc2O3)cc1Cl. The van der Waals surface area contributed by atoms with Crippen molar-refractivity contribution in [2.24, 2.45) is 0 Å². The van der Waals surface area contributed by atoms with Crippen molar-refractivity contribution >= 4 is 27.4 Å². The number of nitrogens with zero attached hydrogens (tertiary/aromatic N) is 1. The molecule has 0 amide bonds. The van der Waals surface area contributed by atoms with Gasteiger partial charge in [0.25, 0.3) is 0 Å². The molecule has 1 saturated heterocycles. The van der Waals surface area contributed by atoms with E-state index < -0.39 is 27.4 Å². The van der Waals surface area contributed by atoms with Gasteiger partial charge in [-0.15, -0.1) is 0 Å². The fourth-order valence-corrected chi connectivity index (χ4v) is 5.83. The first kappa shape index (κ1) is 22.9. The second-order valence-electron chi connectivity index (χ2n) is 7.79. The van der Waals surface area contributed by atoms with Crippen LogP contribution in [-0.2, 0) is 16.2 Å². The Morgan fingerprint density at radius 2 is 1.81 bits per heavy atom. The normalized spacial score (nSPS) is 18.8. The maximum absolute atomic E-state index is 13.1. The number of ether oxygens (including phenoxy) is 2. The van der Waals surface area contributed by atoms with Crippen molar-refractivity contribution in [3.63, 3.8) is 0 Å². The Kier molecular flexibility index (Phi) is 5.67. The molecule has 0 saturated carbocycles. The summed E-state index contributed by atoms with van der Waals surface area (Å²) in [5.41, 5.74) is -1.85. The molecular weight excluding hydrogens is 471 g/mol. The van der Waals surface area contributed by atoms with Crippen molar-refractivity contribution in [1.29, 1.82) is 0 Å². The van der Waals surface area contributed by atoms with E-state index in [0.29, 0.717) is 5.75 Å². The van der Waals surface area contributed by atoms with Crippen molar-refractivity contribution in [1.82, 2.24) is 4.31 Å². The van der Waals surface area contributed by atoms with Gasteiger partial charge in [0.2, 0.25) is 10.0 Å². The van der Waals surface area contributed by atoms with Crippen molar-refractivity contribution < 1.29 is 35.9 Å². The number of Topliss-reactive ketones (excluding diaryl/α,β-unsaturated/α-hetero) is 1. The predicted molar refractivity (Wildman–Crippen MR) is 110 cm³/mol. The van der Waals surface area contributed by atoms with Crippen molar-refractivity contribution in [2.45, 2.75) is 35.9 Å². The van der Waals surface area contributed by atoms with Crippen LogP contribution in [0, 0.1) is 0 Å². The van der Waals surface area contributed by atoms with Crippen LogP contribution in [0.5, 0.6) is 11.5 Å². The highest BCUT2D eigenvalue weighted by atomic mass is 35.5. The highest BCUT2D eigenvalue weighted by Gasteiger charge is 2.45. The van der Waals surface area contributed by atoms with Gasteiger partial charge in [0.1, 0.15) is 17.1 Å². The molecular formula is C21H19ClF3NO5S. The fourth-order valence-electron chi connectivity index (χ4n) is 4.04. The van der Waals surface area contributed by atoms with Gasteiger partial charge >= 0.3 is 6.18 Å². The number of hydrogen-bond donors (Lipinski definition) is 0. The van der Waals surface area contributed by atoms with Gasteiger partial charge in [0, 0.05) is 25.9 Å². The van der Waals surface area contributed by atoms with Crippen LogP contribution in [0.15, 0.2) is 41.3 Å². The number of halogens is 4. The van der Waals surface area contributed by atoms with Crippen molar-refractivity contribution in [2.75, 3.05) is 20.2 Å². The van der Waals surface area contributed by atoms with Crippen LogP contribution in [0.3, 0.4) is 0 Å². The summed E-state index contributed by atoms with van der Waals surface area (Å²) in [5, 5.41) is 0.153. The number of benzene rings is 2. The standard InChI is InChI=1S/C21H19ClF3NO5S/c1-30-18-5-3-14(11-16(18)22)32(28,29)26-8-6-20(7-9-26)12-17(27)15-4-2-13(21(23,24)25)10-19(15)31-20/h2-5,10-11H,6-9,12H2,1H3. The molecule has 0 aliphatic carbocycles. The van der Waals surface area contributed by atoms with E-state index in [4.69, 9.17) is 21.1 Å². The number of carbonyl (C=O) groups is 1. The fraction of sp³-hybridized carbons (Fsp3) is 0.381. The molecule has 0 radical (unpaired) electrons. The van der Waals surface area contributed by atoms with E-state index >= 15 is 0 Å². The Hall–Kier alpha value is -2.30. The smallest absolute Gasteiger partial charge is 0.416 e. The van der Waals surface area contributed by atoms with Gasteiger partial charge in [-0.2, -0.15) is 17.5 Å². The molecule has 4 rings (SSSR count). The molecule has 2 aromatic carbocycles. The summed E-state index contributed by atoms with van der Waals surface area (Å²) >= 11 is 6.05. The average molecular weight is 490 g/mol. The highest BCUT2D eigenvalue weighted by Crippen LogP contribution is 2.42. The summed E-state index contributed by atoms with van der Waals surface area (Å²) in [6, 6.07) is 6.96. The largest absolute Gasteiger partial charge is 0.495 e. The van der Waals surface area contributed by atoms with E-state index in [9.17, 15) is 26.4 Å². The van der Waals surface area contributed by atoms with Gasteiger partial charge in [-0.1, -0.05) is 11.6 Å². The maximum atomic E-state index is 13.1. The average Bonchev–Trinajstić information content (AvgIpc) is 2.73. The third-order valence-corrected chi connectivity index (χ3v) is 8.00. The summed E-state index contributed by atoms with van der Waals surface area (Å²) in [6.45, 7) is 0.0983. The van der Waals surface area contributed by atoms with E-state index in [1.165, 1.54) is 29.6 Å². The molecule has 2 aromatic rings. The maximum Gasteiger partial charge on any atom is 0.416 e. The summed E-state index contributed by atoms with van der Waals surface area (Å²) in [7, 11) is -2.44. The Morgan fingerprint density at radius 1 is 1.12 bits per heavy atom. The topological polar surface area (TPSA) is 72.9 Å². The molecule has 0 atom stereocenters. The lowest BCUT2D eigenvalue weighted by Crippen LogP contribution is -2.52. The molecule has 6 nitrogen and oxygen atoms in total. The Balaban J connectivity index is 1.54. The highest BCUT2D eigenvalue weighted by molar-refractivity contribution is 7.89. The monoisotopic (exact) mass is 489 g/mol. The number of ketones is 1. The van der Waals surface area contributed by atoms with E-state index in [1.54, 1.807) is 0 Å². The number of hydrogen-bond acceptors (Lipinski definition) is 5. The molecule has 172 valence electrons. The van der Waals surface area contributed by atoms with Gasteiger partial charge in [-0.25, -0.2) is 8.42 Å². The van der Waals surface area contributed by atoms with Crippen LogP contribution in [0.25, 0.3) is 0 Å². The summed E-state index contributed by atoms with van der Waals surface area (Å²) in [4.78, 5) is 12.6. The molecule has 32 heavy (non-hydrogen) atoms. The zero-order chi connectivity index (χ0) is 23.3. The quantitative estimate of drug-likeness (QED) is 0.632. The van der Waals surface area contributed by atoms with E-state index in [1.807, 2.05) is 0 Å². The van der Waals surface area contributed by atoms with Crippen LogP contribution in [-0.4, -0.2) is 44.3 Å². The Morgan fingerprint density at radius 3 is 2.41 bits per heavy atom. The minimum atomic E-state index is -4.57. The number of piperidine rings is 1. The molecule has 11 heteroatoms. The predicted octanol–water partition coefficient (Wildman–Crippen LogP) is 4.56. The molecule has 0 unspecified atom stereocenters. The first-order valence-electron chi connectivity index (χ1n) is 9.72. The van der Waals surface area contributed by atoms with Crippen LogP contribution in [0.1, 0.15) is 35.2 Å². The molecule has 0 bridgehead atoms. The van der Waals surface area contributed by atoms with Crippen LogP contribution < -0.4 is 9.47 Å². The number of sulfonamides is 1. The summed E-state index contributed by atoms with van der Waals surface area (Å²) in [6.07, 6.45) is -4.26. The molecule has 2 heterocycles. The third-order valence-electron chi connectivity index (χ3n) is 5.81. The number of fused-ring (bicyclic) bond motifs is 1. The molecule has 1 fully saturated rings. The lowest BCUT2D eigenvalue weighted by atomic mass is 9.83. The first-order valence-corrected chi connectivity index (χ1v) is 11.5. The Bertz CT molecular complexity index is 1170. The van der Waals surface area contributed by atoms with Crippen molar-refractivity contribution in [3.8, 4) is 11.5 Å².